The SMILES string of the molecule is CN(C(=O)c1cccc(-n2nc(C(F)(F)F)cc2C(O)c2ccc(C(=O)O)cc2)c1)c1ccc2c(c1)OCC2. The zero-order valence-electron chi connectivity index (χ0n) is 20.5. The second-order valence-corrected chi connectivity index (χ2v) is 9.00. The number of carbonyl (C=O) groups is 2. The molecule has 0 saturated heterocycles. The average molecular weight is 537 g/mol. The van der Waals surface area contributed by atoms with Gasteiger partial charge < -0.3 is 19.8 Å². The fraction of sp³-hybridized carbons (Fsp3) is 0.179. The van der Waals surface area contributed by atoms with E-state index in [9.17, 15) is 27.9 Å². The van der Waals surface area contributed by atoms with E-state index in [1.165, 1.54) is 53.4 Å². The Labute approximate surface area is 220 Å². The van der Waals surface area contributed by atoms with Gasteiger partial charge in [0.05, 0.1) is 23.6 Å². The van der Waals surface area contributed by atoms with Gasteiger partial charge in [-0.3, -0.25) is 4.79 Å². The fourth-order valence-electron chi connectivity index (χ4n) is 4.36. The number of ether oxygens (including phenoxy) is 1. The van der Waals surface area contributed by atoms with Crippen LogP contribution in [0.2, 0.25) is 0 Å². The maximum Gasteiger partial charge on any atom is 0.435 e. The molecule has 0 spiro atoms. The number of halogens is 3. The van der Waals surface area contributed by atoms with E-state index in [1.807, 2.05) is 6.07 Å². The van der Waals surface area contributed by atoms with Crippen molar-refractivity contribution >= 4 is 17.6 Å². The molecule has 1 unspecified atom stereocenters. The molecule has 0 bridgehead atoms. The predicted octanol–water partition coefficient (Wildman–Crippen LogP) is 4.88. The molecule has 8 nitrogen and oxygen atoms in total. The number of fused-ring (bicyclic) bond motifs is 1. The van der Waals surface area contributed by atoms with Gasteiger partial charge in [0, 0.05) is 30.8 Å². The molecule has 200 valence electrons. The highest BCUT2D eigenvalue weighted by molar-refractivity contribution is 6.06. The van der Waals surface area contributed by atoms with E-state index in [-0.39, 0.29) is 28.1 Å². The van der Waals surface area contributed by atoms with Crippen molar-refractivity contribution in [3.63, 3.8) is 0 Å². The van der Waals surface area contributed by atoms with Crippen LogP contribution in [-0.2, 0) is 12.6 Å². The molecule has 0 radical (unpaired) electrons. The zero-order valence-corrected chi connectivity index (χ0v) is 20.5. The monoisotopic (exact) mass is 537 g/mol. The van der Waals surface area contributed by atoms with Gasteiger partial charge in [0.15, 0.2) is 5.69 Å². The second kappa shape index (κ2) is 9.91. The average Bonchev–Trinajstić information content (AvgIpc) is 3.59. The zero-order chi connectivity index (χ0) is 27.9. The lowest BCUT2D eigenvalue weighted by atomic mass is 10.0. The van der Waals surface area contributed by atoms with E-state index in [2.05, 4.69) is 5.10 Å². The van der Waals surface area contributed by atoms with Gasteiger partial charge in [0.25, 0.3) is 5.91 Å². The summed E-state index contributed by atoms with van der Waals surface area (Å²) in [4.78, 5) is 25.8. The van der Waals surface area contributed by atoms with Crippen LogP contribution in [0.1, 0.15) is 49.3 Å². The molecule has 3 aromatic carbocycles. The molecule has 11 heteroatoms. The highest BCUT2D eigenvalue weighted by Gasteiger charge is 2.36. The molecule has 1 atom stereocenters. The van der Waals surface area contributed by atoms with E-state index in [0.717, 1.165) is 22.7 Å². The fourth-order valence-corrected chi connectivity index (χ4v) is 4.36. The van der Waals surface area contributed by atoms with Crippen LogP contribution < -0.4 is 9.64 Å². The molecule has 2 N–H and O–H groups in total. The van der Waals surface area contributed by atoms with Crippen molar-refractivity contribution in [3.05, 3.63) is 106 Å². The molecular weight excluding hydrogens is 515 g/mol. The number of alkyl halides is 3. The van der Waals surface area contributed by atoms with Crippen LogP contribution in [-0.4, -0.2) is 45.5 Å². The first-order valence-electron chi connectivity index (χ1n) is 11.9. The first-order chi connectivity index (χ1) is 18.5. The van der Waals surface area contributed by atoms with E-state index in [0.29, 0.717) is 18.0 Å². The summed E-state index contributed by atoms with van der Waals surface area (Å²) in [5, 5.41) is 23.8. The maximum atomic E-state index is 13.6. The third kappa shape index (κ3) is 5.08. The molecule has 0 saturated carbocycles. The number of aromatic carboxylic acids is 1. The van der Waals surface area contributed by atoms with Crippen LogP contribution in [0.4, 0.5) is 18.9 Å². The van der Waals surface area contributed by atoms with Crippen molar-refractivity contribution in [2.75, 3.05) is 18.6 Å². The van der Waals surface area contributed by atoms with Crippen LogP contribution in [0.5, 0.6) is 5.75 Å². The van der Waals surface area contributed by atoms with Crippen LogP contribution in [0.25, 0.3) is 5.69 Å². The standard InChI is InChI=1S/C28H22F3N3O5/c1-33(20-10-9-16-11-12-39-23(16)14-20)26(36)19-3-2-4-21(13-19)34-22(15-24(32-34)28(29,30)31)25(35)17-5-7-18(8-6-17)27(37)38/h2-10,13-15,25,35H,11-12H2,1H3,(H,37,38). The largest absolute Gasteiger partial charge is 0.493 e. The Kier molecular flexibility index (Phi) is 6.61. The van der Waals surface area contributed by atoms with Gasteiger partial charge in [0.2, 0.25) is 0 Å². The van der Waals surface area contributed by atoms with Crippen molar-refractivity contribution in [1.29, 1.82) is 0 Å². The lowest BCUT2D eigenvalue weighted by molar-refractivity contribution is -0.141. The molecule has 1 aromatic heterocycles. The van der Waals surface area contributed by atoms with E-state index in [1.54, 1.807) is 19.2 Å². The number of anilines is 1. The number of aliphatic hydroxyl groups is 1. The van der Waals surface area contributed by atoms with Crippen LogP contribution in [0.3, 0.4) is 0 Å². The van der Waals surface area contributed by atoms with Crippen molar-refractivity contribution in [3.8, 4) is 11.4 Å². The van der Waals surface area contributed by atoms with Gasteiger partial charge in [-0.05, 0) is 53.6 Å². The minimum atomic E-state index is -4.80. The smallest absolute Gasteiger partial charge is 0.435 e. The number of hydrogen-bond donors (Lipinski definition) is 2. The molecule has 1 aliphatic heterocycles. The van der Waals surface area contributed by atoms with Crippen molar-refractivity contribution < 1.29 is 37.7 Å². The van der Waals surface area contributed by atoms with Gasteiger partial charge in [-0.15, -0.1) is 0 Å². The summed E-state index contributed by atoms with van der Waals surface area (Å²) in [7, 11) is 1.58. The Hall–Kier alpha value is -4.64. The summed E-state index contributed by atoms with van der Waals surface area (Å²) in [5.41, 5.74) is 0.631. The number of hydrogen-bond acceptors (Lipinski definition) is 5. The highest BCUT2D eigenvalue weighted by atomic mass is 19.4. The molecule has 2 heterocycles. The van der Waals surface area contributed by atoms with Crippen molar-refractivity contribution in [2.24, 2.45) is 0 Å². The molecule has 5 rings (SSSR count). The van der Waals surface area contributed by atoms with Crippen LogP contribution >= 0.6 is 0 Å². The third-order valence-electron chi connectivity index (χ3n) is 6.49. The number of aromatic nitrogens is 2. The van der Waals surface area contributed by atoms with E-state index in [4.69, 9.17) is 9.84 Å². The molecule has 1 amide bonds. The van der Waals surface area contributed by atoms with Crippen LogP contribution in [0, 0.1) is 0 Å². The Balaban J connectivity index is 1.50. The van der Waals surface area contributed by atoms with Gasteiger partial charge >= 0.3 is 12.1 Å². The van der Waals surface area contributed by atoms with Gasteiger partial charge in [0.1, 0.15) is 11.9 Å². The van der Waals surface area contributed by atoms with E-state index >= 15 is 0 Å². The Bertz CT molecular complexity index is 1560. The number of aliphatic hydroxyl groups excluding tert-OH is 1. The first-order valence-corrected chi connectivity index (χ1v) is 11.9. The van der Waals surface area contributed by atoms with E-state index < -0.39 is 29.9 Å². The molecular formula is C28H22F3N3O5. The molecule has 4 aromatic rings. The topological polar surface area (TPSA) is 105 Å². The van der Waals surface area contributed by atoms with Gasteiger partial charge in [-0.25, -0.2) is 9.48 Å². The van der Waals surface area contributed by atoms with Crippen LogP contribution in [0.15, 0.2) is 72.8 Å². The summed E-state index contributed by atoms with van der Waals surface area (Å²) in [5.74, 6) is -0.893. The second-order valence-electron chi connectivity index (χ2n) is 9.00. The van der Waals surface area contributed by atoms with Crippen molar-refractivity contribution in [1.82, 2.24) is 9.78 Å². The summed E-state index contributed by atoms with van der Waals surface area (Å²) in [6.07, 6.45) is -5.57. The number of amides is 1. The minimum absolute atomic E-state index is 0.0410. The Morgan fingerprint density at radius 2 is 1.77 bits per heavy atom. The number of rotatable bonds is 6. The minimum Gasteiger partial charge on any atom is -0.493 e. The number of carbonyl (C=O) groups excluding carboxylic acids is 1. The number of nitrogens with zero attached hydrogens (tertiary/aromatic N) is 3. The molecule has 39 heavy (non-hydrogen) atoms. The predicted molar refractivity (Wildman–Crippen MR) is 134 cm³/mol. The number of carboxylic acid groups (broad SMARTS) is 1. The number of benzene rings is 3. The quantitative estimate of drug-likeness (QED) is 0.363. The van der Waals surface area contributed by atoms with Gasteiger partial charge in [-0.1, -0.05) is 24.3 Å². The highest BCUT2D eigenvalue weighted by Crippen LogP contribution is 2.34. The lowest BCUT2D eigenvalue weighted by Crippen LogP contribution is -2.26. The summed E-state index contributed by atoms with van der Waals surface area (Å²) in [6.45, 7) is 0.570. The summed E-state index contributed by atoms with van der Waals surface area (Å²) in [6, 6.07) is 17.2. The Morgan fingerprint density at radius 1 is 1.03 bits per heavy atom. The molecule has 0 aliphatic carbocycles. The summed E-state index contributed by atoms with van der Waals surface area (Å²) < 4.78 is 47.3. The van der Waals surface area contributed by atoms with Crippen molar-refractivity contribution in [2.45, 2.75) is 18.7 Å². The number of carboxylic acids is 1. The molecule has 0 fully saturated rings. The maximum absolute atomic E-state index is 13.6. The lowest BCUT2D eigenvalue weighted by Gasteiger charge is -2.19. The Morgan fingerprint density at radius 3 is 2.46 bits per heavy atom. The van der Waals surface area contributed by atoms with Gasteiger partial charge in [-0.2, -0.15) is 18.3 Å². The first kappa shape index (κ1) is 26.0. The summed E-state index contributed by atoms with van der Waals surface area (Å²) >= 11 is 0. The third-order valence-corrected chi connectivity index (χ3v) is 6.49. The normalized spacial score (nSPS) is 13.5. The molecule has 1 aliphatic rings.